The van der Waals surface area contributed by atoms with E-state index in [1.165, 1.54) is 58.1 Å². The molecule has 1 unspecified atom stereocenters. The van der Waals surface area contributed by atoms with Crippen molar-refractivity contribution in [2.45, 2.75) is 49.8 Å². The van der Waals surface area contributed by atoms with Gasteiger partial charge in [-0.3, -0.25) is 0 Å². The topological polar surface area (TPSA) is 0 Å². The molecule has 0 N–H and O–H groups in total. The number of halogens is 3. The van der Waals surface area contributed by atoms with Crippen LogP contribution in [0.25, 0.3) is 0 Å². The van der Waals surface area contributed by atoms with Gasteiger partial charge in [0.1, 0.15) is 0 Å². The summed E-state index contributed by atoms with van der Waals surface area (Å²) in [4.78, 5) is 1.96. The molecule has 1 aliphatic rings. The molecule has 1 atom stereocenters. The molecule has 0 amide bonds. The molecule has 0 spiro atoms. The van der Waals surface area contributed by atoms with Crippen molar-refractivity contribution in [3.05, 3.63) is 19.2 Å². The summed E-state index contributed by atoms with van der Waals surface area (Å²) in [6.07, 6.45) is 9.92. The molecule has 0 aromatic carbocycles. The molecule has 1 aliphatic carbocycles. The molecule has 96 valence electrons. The van der Waals surface area contributed by atoms with Crippen molar-refractivity contribution >= 4 is 59.1 Å². The van der Waals surface area contributed by atoms with Crippen molar-refractivity contribution < 1.29 is 0 Å². The molecule has 1 aromatic rings. The quantitative estimate of drug-likeness (QED) is 0.435. The lowest BCUT2D eigenvalue weighted by Crippen LogP contribution is -2.06. The van der Waals surface area contributed by atoms with Crippen molar-refractivity contribution in [2.75, 3.05) is 0 Å². The highest BCUT2D eigenvalue weighted by Gasteiger charge is 2.17. The van der Waals surface area contributed by atoms with E-state index >= 15 is 0 Å². The van der Waals surface area contributed by atoms with Crippen LogP contribution in [0.3, 0.4) is 0 Å². The van der Waals surface area contributed by atoms with Crippen LogP contribution in [0.2, 0.25) is 0 Å². The molecule has 4 heteroatoms. The van der Waals surface area contributed by atoms with Crippen molar-refractivity contribution in [1.29, 1.82) is 0 Å². The summed E-state index contributed by atoms with van der Waals surface area (Å²) in [5.41, 5.74) is 0. The van der Waals surface area contributed by atoms with E-state index in [-0.39, 0.29) is 0 Å². The van der Waals surface area contributed by atoms with Crippen LogP contribution < -0.4 is 0 Å². The molecular formula is C13H17Br3S. The SMILES string of the molecule is Brc1cc(C(Br)CCC2CCCCC2)sc1Br. The summed E-state index contributed by atoms with van der Waals surface area (Å²) >= 11 is 12.8. The predicted molar refractivity (Wildman–Crippen MR) is 87.2 cm³/mol. The van der Waals surface area contributed by atoms with Crippen LogP contribution in [0.5, 0.6) is 0 Å². The Labute approximate surface area is 133 Å². The van der Waals surface area contributed by atoms with Gasteiger partial charge in [0.25, 0.3) is 0 Å². The van der Waals surface area contributed by atoms with E-state index in [1.54, 1.807) is 0 Å². The normalized spacial score (nSPS) is 19.5. The number of hydrogen-bond acceptors (Lipinski definition) is 1. The lowest BCUT2D eigenvalue weighted by Gasteiger charge is -2.22. The number of thiophene rings is 1. The van der Waals surface area contributed by atoms with E-state index in [2.05, 4.69) is 53.9 Å². The molecule has 1 aromatic heterocycles. The Balaban J connectivity index is 1.82. The van der Waals surface area contributed by atoms with E-state index in [0.717, 1.165) is 5.92 Å². The van der Waals surface area contributed by atoms with Crippen LogP contribution in [-0.4, -0.2) is 0 Å². The van der Waals surface area contributed by atoms with Crippen molar-refractivity contribution in [3.63, 3.8) is 0 Å². The third-order valence-corrected chi connectivity index (χ3v) is 8.15. The Bertz CT molecular complexity index is 336. The average Bonchev–Trinajstić information content (AvgIpc) is 2.68. The molecule has 1 saturated carbocycles. The first-order chi connectivity index (χ1) is 8.16. The minimum atomic E-state index is 0.525. The van der Waals surface area contributed by atoms with Crippen molar-refractivity contribution in [1.82, 2.24) is 0 Å². The van der Waals surface area contributed by atoms with E-state index in [4.69, 9.17) is 0 Å². The highest BCUT2D eigenvalue weighted by Crippen LogP contribution is 2.41. The second-order valence-electron chi connectivity index (χ2n) is 4.82. The summed E-state index contributed by atoms with van der Waals surface area (Å²) in [5.74, 6) is 0.982. The second kappa shape index (κ2) is 7.06. The smallest absolute Gasteiger partial charge is 0.0843 e. The monoisotopic (exact) mass is 442 g/mol. The molecule has 0 bridgehead atoms. The van der Waals surface area contributed by atoms with Gasteiger partial charge in [0.05, 0.1) is 3.79 Å². The summed E-state index contributed by atoms with van der Waals surface area (Å²) in [7, 11) is 0. The highest BCUT2D eigenvalue weighted by molar-refractivity contribution is 9.13. The predicted octanol–water partition coefficient (Wildman–Crippen LogP) is 7.07. The zero-order valence-electron chi connectivity index (χ0n) is 9.72. The van der Waals surface area contributed by atoms with Gasteiger partial charge in [0.15, 0.2) is 0 Å². The maximum Gasteiger partial charge on any atom is 0.0843 e. The third-order valence-electron chi connectivity index (χ3n) is 3.53. The van der Waals surface area contributed by atoms with Gasteiger partial charge in [-0.25, -0.2) is 0 Å². The summed E-state index contributed by atoms with van der Waals surface area (Å²) in [6, 6.07) is 2.23. The Morgan fingerprint density at radius 3 is 2.53 bits per heavy atom. The van der Waals surface area contributed by atoms with E-state index in [1.807, 2.05) is 11.3 Å². The fourth-order valence-corrected chi connectivity index (χ4v) is 5.30. The zero-order chi connectivity index (χ0) is 12.3. The molecule has 0 nitrogen and oxygen atoms in total. The summed E-state index contributed by atoms with van der Waals surface area (Å²) in [6.45, 7) is 0. The second-order valence-corrected chi connectivity index (χ2v) is 9.18. The van der Waals surface area contributed by atoms with Crippen LogP contribution >= 0.6 is 59.1 Å². The van der Waals surface area contributed by atoms with Crippen molar-refractivity contribution in [3.8, 4) is 0 Å². The first-order valence-corrected chi connectivity index (χ1v) is 9.57. The van der Waals surface area contributed by atoms with E-state index in [0.29, 0.717) is 4.83 Å². The number of alkyl halides is 1. The van der Waals surface area contributed by atoms with Crippen LogP contribution in [0.4, 0.5) is 0 Å². The fraction of sp³-hybridized carbons (Fsp3) is 0.692. The molecule has 1 fully saturated rings. The van der Waals surface area contributed by atoms with Crippen LogP contribution in [-0.2, 0) is 0 Å². The first kappa shape index (κ1) is 14.5. The van der Waals surface area contributed by atoms with Gasteiger partial charge in [-0.15, -0.1) is 11.3 Å². The lowest BCUT2D eigenvalue weighted by atomic mass is 9.86. The summed E-state index contributed by atoms with van der Waals surface area (Å²) in [5, 5.41) is 0. The zero-order valence-corrected chi connectivity index (χ0v) is 15.3. The Hall–Kier alpha value is 1.14. The molecule has 17 heavy (non-hydrogen) atoms. The minimum Gasteiger partial charge on any atom is -0.131 e. The third kappa shape index (κ3) is 4.32. The standard InChI is InChI=1S/C13H17Br3S/c14-10(12-8-11(15)13(16)17-12)7-6-9-4-2-1-3-5-9/h8-10H,1-7H2. The molecular weight excluding hydrogens is 428 g/mol. The average molecular weight is 445 g/mol. The maximum atomic E-state index is 3.83. The van der Waals surface area contributed by atoms with Gasteiger partial charge in [-0.1, -0.05) is 48.0 Å². The van der Waals surface area contributed by atoms with Crippen molar-refractivity contribution in [2.24, 2.45) is 5.92 Å². The summed E-state index contributed by atoms with van der Waals surface area (Å²) < 4.78 is 2.38. The Kier molecular flexibility index (Phi) is 6.05. The van der Waals surface area contributed by atoms with Crippen LogP contribution in [0.15, 0.2) is 14.3 Å². The van der Waals surface area contributed by atoms with Gasteiger partial charge in [-0.05, 0) is 56.7 Å². The van der Waals surface area contributed by atoms with Gasteiger partial charge in [0, 0.05) is 14.2 Å². The van der Waals surface area contributed by atoms with Gasteiger partial charge in [-0.2, -0.15) is 0 Å². The number of hydrogen-bond donors (Lipinski definition) is 0. The Morgan fingerprint density at radius 1 is 1.24 bits per heavy atom. The molecule has 0 saturated heterocycles. The number of rotatable bonds is 4. The highest BCUT2D eigenvalue weighted by atomic mass is 79.9. The van der Waals surface area contributed by atoms with Gasteiger partial charge >= 0.3 is 0 Å². The van der Waals surface area contributed by atoms with Crippen LogP contribution in [0, 0.1) is 5.92 Å². The molecule has 1 heterocycles. The van der Waals surface area contributed by atoms with Gasteiger partial charge in [0.2, 0.25) is 0 Å². The molecule has 0 radical (unpaired) electrons. The van der Waals surface area contributed by atoms with Crippen LogP contribution in [0.1, 0.15) is 54.7 Å². The molecule has 0 aliphatic heterocycles. The fourth-order valence-electron chi connectivity index (χ4n) is 2.52. The minimum absolute atomic E-state index is 0.525. The first-order valence-electron chi connectivity index (χ1n) is 6.25. The molecule has 2 rings (SSSR count). The Morgan fingerprint density at radius 2 is 1.94 bits per heavy atom. The van der Waals surface area contributed by atoms with E-state index in [9.17, 15) is 0 Å². The van der Waals surface area contributed by atoms with E-state index < -0.39 is 0 Å². The maximum absolute atomic E-state index is 3.83. The largest absolute Gasteiger partial charge is 0.131 e. The van der Waals surface area contributed by atoms with Gasteiger partial charge < -0.3 is 0 Å². The lowest BCUT2D eigenvalue weighted by molar-refractivity contribution is 0.332.